The first-order valence-corrected chi connectivity index (χ1v) is 29.1. The van der Waals surface area contributed by atoms with Gasteiger partial charge in [0.15, 0.2) is 11.2 Å². The number of aliphatic hydroxyl groups is 1. The van der Waals surface area contributed by atoms with E-state index in [1.165, 1.54) is 21.6 Å². The minimum atomic E-state index is -5.35. The number of aromatic nitrogens is 4. The zero-order valence-corrected chi connectivity index (χ0v) is 48.2. The molecule has 2 aromatic heterocycles. The van der Waals surface area contributed by atoms with Crippen molar-refractivity contribution in [3.8, 4) is 11.5 Å². The van der Waals surface area contributed by atoms with Gasteiger partial charge in [0.25, 0.3) is 11.5 Å². The van der Waals surface area contributed by atoms with E-state index in [9.17, 15) is 51.8 Å². The number of esters is 1. The fraction of sp³-hybridized carbons (Fsp3) is 0.379. The van der Waals surface area contributed by atoms with E-state index in [2.05, 4.69) is 35.9 Å². The number of methoxy groups -OCH3 is 3. The fourth-order valence-corrected chi connectivity index (χ4v) is 11.2. The lowest BCUT2D eigenvalue weighted by atomic mass is 9.80. The Balaban J connectivity index is 0.861. The summed E-state index contributed by atoms with van der Waals surface area (Å²) in [5.74, 6) is -3.09. The van der Waals surface area contributed by atoms with E-state index in [0.717, 1.165) is 54.3 Å². The van der Waals surface area contributed by atoms with Crippen LogP contribution >= 0.6 is 21.6 Å². The number of β-amino-alcohol motifs (C(OH)–C–C–N with tert-alkyl or cyclic N) is 1. The molecule has 5 amide bonds. The number of carbonyl (C=O) groups is 6. The molecule has 5 N–H and O–H groups in total. The van der Waals surface area contributed by atoms with E-state index < -0.39 is 77.6 Å². The monoisotopic (exact) mass is 1200 g/mol. The molecule has 7 rings (SSSR count). The normalized spacial score (nSPS) is 14.6. The molecule has 1 aliphatic rings. The first-order valence-electron chi connectivity index (χ1n) is 26.7. The number of amides is 5. The Labute approximate surface area is 489 Å². The Kier molecular flexibility index (Phi) is 22.3. The molecule has 446 valence electrons. The summed E-state index contributed by atoms with van der Waals surface area (Å²) < 4.78 is 64.5. The molecule has 1 saturated heterocycles. The second-order valence-electron chi connectivity index (χ2n) is 19.6. The highest BCUT2D eigenvalue weighted by atomic mass is 33.1. The van der Waals surface area contributed by atoms with Gasteiger partial charge in [0, 0.05) is 54.6 Å². The summed E-state index contributed by atoms with van der Waals surface area (Å²) in [7, 11) is 7.34. The molecule has 3 heterocycles. The summed E-state index contributed by atoms with van der Waals surface area (Å²) in [6.45, 7) is 3.01. The number of nitrogens with one attached hydrogen (secondary N) is 4. The molecule has 1 fully saturated rings. The van der Waals surface area contributed by atoms with Gasteiger partial charge in [0.2, 0.25) is 23.7 Å². The summed E-state index contributed by atoms with van der Waals surface area (Å²) in [5.41, 5.74) is -0.638. The molecular formula is C58H64F3N9O12S2. The first-order chi connectivity index (χ1) is 40.2. The topological polar surface area (TPSA) is 274 Å². The molecule has 0 aliphatic carbocycles. The summed E-state index contributed by atoms with van der Waals surface area (Å²) >= 11 is 0. The number of benzene rings is 4. The van der Waals surface area contributed by atoms with E-state index in [4.69, 9.17) is 18.9 Å². The number of carbonyl (C=O) groups excluding carboxylic acids is 6. The third kappa shape index (κ3) is 16.4. The van der Waals surface area contributed by atoms with Crippen molar-refractivity contribution >= 4 is 79.9 Å². The second kappa shape index (κ2) is 29.4. The molecule has 84 heavy (non-hydrogen) atoms. The third-order valence-electron chi connectivity index (χ3n) is 13.5. The molecule has 0 spiro atoms. The summed E-state index contributed by atoms with van der Waals surface area (Å²) in [5, 5.41) is 18.5. The molecule has 0 bridgehead atoms. The van der Waals surface area contributed by atoms with Crippen molar-refractivity contribution in [2.75, 3.05) is 62.7 Å². The van der Waals surface area contributed by atoms with Gasteiger partial charge in [-0.15, -0.1) is 0 Å². The van der Waals surface area contributed by atoms with Gasteiger partial charge < -0.3 is 39.6 Å². The molecule has 21 nitrogen and oxygen atoms in total. The number of fused-ring (bicyclic) bond motifs is 1. The van der Waals surface area contributed by atoms with Crippen LogP contribution in [0.4, 0.5) is 24.8 Å². The quantitative estimate of drug-likeness (QED) is 0.0155. The Morgan fingerprint density at radius 1 is 0.833 bits per heavy atom. The largest absolute Gasteiger partial charge is 0.497 e. The summed E-state index contributed by atoms with van der Waals surface area (Å²) in [6, 6.07) is 27.9. The van der Waals surface area contributed by atoms with Crippen molar-refractivity contribution in [1.29, 1.82) is 0 Å². The number of rotatable bonds is 27. The maximum Gasteiger partial charge on any atom is 0.471 e. The van der Waals surface area contributed by atoms with Crippen molar-refractivity contribution in [2.24, 2.45) is 5.92 Å². The number of hydrogen-bond donors (Lipinski definition) is 5. The minimum absolute atomic E-state index is 0.0996. The molecular weight excluding hydrogens is 1140 g/mol. The number of aromatic amines is 1. The smallest absolute Gasteiger partial charge is 0.471 e. The number of likely N-dealkylation sites (tertiary alicyclic amines) is 1. The van der Waals surface area contributed by atoms with Crippen LogP contribution in [-0.2, 0) is 45.6 Å². The van der Waals surface area contributed by atoms with Crippen molar-refractivity contribution in [2.45, 2.75) is 82.5 Å². The zero-order chi connectivity index (χ0) is 60.6. The lowest BCUT2D eigenvalue weighted by Crippen LogP contribution is -2.42. The van der Waals surface area contributed by atoms with Gasteiger partial charge in [-0.2, -0.15) is 18.2 Å². The maximum atomic E-state index is 13.9. The van der Waals surface area contributed by atoms with E-state index in [1.807, 2.05) is 78.9 Å². The number of halogens is 3. The number of alkyl halides is 3. The molecule has 1 aliphatic heterocycles. The molecule has 0 radical (unpaired) electrons. The van der Waals surface area contributed by atoms with Crippen molar-refractivity contribution in [3.05, 3.63) is 148 Å². The Morgan fingerprint density at radius 3 is 2.07 bits per heavy atom. The van der Waals surface area contributed by atoms with Crippen molar-refractivity contribution in [1.82, 2.24) is 35.5 Å². The van der Waals surface area contributed by atoms with Crippen molar-refractivity contribution in [3.63, 3.8) is 0 Å². The lowest BCUT2D eigenvalue weighted by Gasteiger charge is -2.38. The van der Waals surface area contributed by atoms with Crippen LogP contribution in [0.25, 0.3) is 11.2 Å². The summed E-state index contributed by atoms with van der Waals surface area (Å²) in [4.78, 5) is 107. The van der Waals surface area contributed by atoms with Crippen LogP contribution in [0.2, 0.25) is 0 Å². The average Bonchev–Trinajstić information content (AvgIpc) is 2.80. The van der Waals surface area contributed by atoms with Crippen LogP contribution in [0.5, 0.6) is 11.5 Å². The van der Waals surface area contributed by atoms with Gasteiger partial charge in [-0.25, -0.2) is 14.8 Å². The van der Waals surface area contributed by atoms with Gasteiger partial charge in [0.05, 0.1) is 58.5 Å². The Bertz CT molecular complexity index is 3260. The number of hydrogen-bond acceptors (Lipinski definition) is 17. The highest BCUT2D eigenvalue weighted by molar-refractivity contribution is 8.76. The predicted molar refractivity (Wildman–Crippen MR) is 309 cm³/mol. The maximum absolute atomic E-state index is 13.9. The molecule has 0 unspecified atom stereocenters. The minimum Gasteiger partial charge on any atom is -0.497 e. The first kappa shape index (κ1) is 63.5. The second-order valence-corrected chi connectivity index (χ2v) is 22.3. The third-order valence-corrected chi connectivity index (χ3v) is 16.0. The SMILES string of the molecule is COC(=O)[C@H](CCC(=O)NCCSSCCCC(=O)N1C[C@H](O)C[C@H]1COC(c1ccccc1)(c1ccc(OC)cc1)c1ccc(OC)cc1)NC(=O)c1ccc(N(Cc2cnc3nc(NC(=O)C(C)C)[nH]c(=O)c3n2)C(=O)C(F)(F)F)cc1. The van der Waals surface area contributed by atoms with E-state index >= 15 is 0 Å². The van der Waals surface area contributed by atoms with Crippen LogP contribution in [0.15, 0.2) is 114 Å². The van der Waals surface area contributed by atoms with Gasteiger partial charge >= 0.3 is 18.1 Å². The van der Waals surface area contributed by atoms with Gasteiger partial charge in [-0.05, 0) is 84.5 Å². The number of anilines is 2. The molecule has 6 aromatic rings. The van der Waals surface area contributed by atoms with Crippen molar-refractivity contribution < 1.29 is 66.0 Å². The molecule has 26 heteroatoms. The number of aliphatic hydroxyl groups excluding tert-OH is 1. The zero-order valence-electron chi connectivity index (χ0n) is 46.6. The Morgan fingerprint density at radius 2 is 1.46 bits per heavy atom. The van der Waals surface area contributed by atoms with Crippen LogP contribution in [0.3, 0.4) is 0 Å². The number of H-pyrrole nitrogens is 1. The number of ether oxygens (including phenoxy) is 4. The van der Waals surface area contributed by atoms with E-state index in [-0.39, 0.29) is 78.9 Å². The predicted octanol–water partition coefficient (Wildman–Crippen LogP) is 6.72. The molecule has 0 saturated carbocycles. The Hall–Kier alpha value is -8.07. The van der Waals surface area contributed by atoms with Gasteiger partial charge in [-0.1, -0.05) is 90.0 Å². The van der Waals surface area contributed by atoms with E-state index in [0.29, 0.717) is 40.7 Å². The highest BCUT2D eigenvalue weighted by Crippen LogP contribution is 2.42. The average molecular weight is 1200 g/mol. The van der Waals surface area contributed by atoms with E-state index in [1.54, 1.807) is 33.0 Å². The standard InChI is InChI=1S/C58H64F3N9O12S2/c1-35(2)51(74)67-56-66-50-49(53(76)68-56)64-40(31-63-50)32-70(55(78)58(59,60)61)41-19-13-36(14-20-41)52(75)65-46(54(77)81-5)25-26-47(72)62-27-29-84-83-28-9-12-48(73)69-33-43(71)30-42(69)34-82-57(37-10-7-6-8-11-37,38-15-21-44(79-3)22-16-38)39-17-23-45(80-4)24-18-39/h6-8,10-11,13-24,31,35,42-43,46,71H,9,12,25-30,32-34H2,1-5H3,(H,62,72)(H,65,75)(H2,63,66,67,68,74,76)/t42-,43+,46-/m0/s1. The highest BCUT2D eigenvalue weighted by Gasteiger charge is 2.44. The molecule has 4 aromatic carbocycles. The van der Waals surface area contributed by atoms with Crippen LogP contribution in [0, 0.1) is 5.92 Å². The van der Waals surface area contributed by atoms with Crippen LogP contribution < -0.4 is 35.9 Å². The number of nitrogens with zero attached hydrogens (tertiary/aromatic N) is 5. The summed E-state index contributed by atoms with van der Waals surface area (Å²) in [6.07, 6.45) is -4.25. The van der Waals surface area contributed by atoms with Gasteiger partial charge in [0.1, 0.15) is 23.1 Å². The fourth-order valence-electron chi connectivity index (χ4n) is 9.16. The van der Waals surface area contributed by atoms with Gasteiger partial charge in [-0.3, -0.25) is 44.0 Å². The molecule has 3 atom stereocenters. The van der Waals surface area contributed by atoms with Crippen LogP contribution in [0.1, 0.15) is 78.7 Å². The lowest BCUT2D eigenvalue weighted by molar-refractivity contribution is -0.170. The van der Waals surface area contributed by atoms with Crippen LogP contribution in [-0.4, -0.2) is 142 Å².